The molecular formula is C10H21NO2. The van der Waals surface area contributed by atoms with Gasteiger partial charge in [-0.15, -0.1) is 0 Å². The van der Waals surface area contributed by atoms with Crippen molar-refractivity contribution < 1.29 is 10.1 Å². The van der Waals surface area contributed by atoms with Gasteiger partial charge in [0, 0.05) is 6.04 Å². The van der Waals surface area contributed by atoms with Gasteiger partial charge in [-0.05, 0) is 32.6 Å². The summed E-state index contributed by atoms with van der Waals surface area (Å²) in [5.74, 6) is 0.683. The second kappa shape index (κ2) is 4.40. The Hall–Kier alpha value is -0.120. The fourth-order valence-corrected chi connectivity index (χ4v) is 2.00. The van der Waals surface area contributed by atoms with Crippen LogP contribution in [-0.4, -0.2) is 17.0 Å². The second-order valence-electron chi connectivity index (χ2n) is 4.61. The van der Waals surface area contributed by atoms with Crippen LogP contribution < -0.4 is 5.32 Å². The number of hydrogen-bond donors (Lipinski definition) is 2. The zero-order chi connectivity index (χ0) is 9.90. The van der Waals surface area contributed by atoms with Gasteiger partial charge in [-0.25, -0.2) is 10.1 Å². The van der Waals surface area contributed by atoms with Crippen molar-refractivity contribution in [1.29, 1.82) is 0 Å². The molecule has 0 aromatic carbocycles. The molecule has 0 aliphatic heterocycles. The molecule has 3 nitrogen and oxygen atoms in total. The van der Waals surface area contributed by atoms with E-state index < -0.39 is 5.72 Å². The smallest absolute Gasteiger partial charge is 0.148 e. The first kappa shape index (κ1) is 11.0. The van der Waals surface area contributed by atoms with E-state index in [1.165, 1.54) is 25.7 Å². The molecule has 0 aromatic heterocycles. The third kappa shape index (κ3) is 3.25. The van der Waals surface area contributed by atoms with E-state index in [4.69, 9.17) is 5.26 Å². The summed E-state index contributed by atoms with van der Waals surface area (Å²) < 4.78 is 0. The van der Waals surface area contributed by atoms with Crippen molar-refractivity contribution in [2.24, 2.45) is 5.92 Å². The van der Waals surface area contributed by atoms with Crippen molar-refractivity contribution in [3.05, 3.63) is 0 Å². The average Bonchev–Trinajstić information content (AvgIpc) is 2.09. The average molecular weight is 187 g/mol. The molecule has 13 heavy (non-hydrogen) atoms. The summed E-state index contributed by atoms with van der Waals surface area (Å²) in [5.41, 5.74) is -0.615. The highest BCUT2D eigenvalue weighted by Gasteiger charge is 2.28. The van der Waals surface area contributed by atoms with Crippen LogP contribution >= 0.6 is 0 Å². The highest BCUT2D eigenvalue weighted by atomic mass is 17.1. The minimum Gasteiger partial charge on any atom is -0.284 e. The van der Waals surface area contributed by atoms with E-state index in [0.29, 0.717) is 12.0 Å². The lowest BCUT2D eigenvalue weighted by molar-refractivity contribution is -0.324. The third-order valence-corrected chi connectivity index (χ3v) is 2.87. The molecule has 1 aliphatic carbocycles. The molecule has 0 amide bonds. The molecule has 0 bridgehead atoms. The first-order valence-electron chi connectivity index (χ1n) is 5.15. The maximum Gasteiger partial charge on any atom is 0.148 e. The highest BCUT2D eigenvalue weighted by Crippen LogP contribution is 2.25. The maximum atomic E-state index is 8.65. The van der Waals surface area contributed by atoms with Gasteiger partial charge in [-0.3, -0.25) is 5.32 Å². The third-order valence-electron chi connectivity index (χ3n) is 2.87. The summed E-state index contributed by atoms with van der Waals surface area (Å²) in [4.78, 5) is 4.38. The quantitative estimate of drug-likeness (QED) is 0.405. The fraction of sp³-hybridized carbons (Fsp3) is 1.00. The second-order valence-corrected chi connectivity index (χ2v) is 4.61. The zero-order valence-electron chi connectivity index (χ0n) is 8.84. The summed E-state index contributed by atoms with van der Waals surface area (Å²) in [6.07, 6.45) is 5.08. The van der Waals surface area contributed by atoms with Crippen LogP contribution in [0.15, 0.2) is 0 Å². The van der Waals surface area contributed by atoms with Gasteiger partial charge < -0.3 is 0 Å². The molecule has 3 heteroatoms. The largest absolute Gasteiger partial charge is 0.284 e. The van der Waals surface area contributed by atoms with Crippen LogP contribution in [0, 0.1) is 5.92 Å². The lowest BCUT2D eigenvalue weighted by Gasteiger charge is -2.35. The Labute approximate surface area is 80.4 Å². The number of nitrogens with one attached hydrogen (secondary N) is 1. The van der Waals surface area contributed by atoms with E-state index in [0.717, 1.165) is 0 Å². The minimum absolute atomic E-state index is 0.482. The Balaban J connectivity index is 2.42. The Morgan fingerprint density at radius 3 is 2.46 bits per heavy atom. The first-order valence-corrected chi connectivity index (χ1v) is 5.15. The van der Waals surface area contributed by atoms with Crippen molar-refractivity contribution in [2.45, 2.75) is 58.2 Å². The molecule has 2 N–H and O–H groups in total. The van der Waals surface area contributed by atoms with Gasteiger partial charge >= 0.3 is 0 Å². The van der Waals surface area contributed by atoms with E-state index in [1.54, 1.807) is 0 Å². The van der Waals surface area contributed by atoms with Crippen molar-refractivity contribution in [3.8, 4) is 0 Å². The topological polar surface area (TPSA) is 41.5 Å². The molecular weight excluding hydrogens is 166 g/mol. The van der Waals surface area contributed by atoms with E-state index >= 15 is 0 Å². The zero-order valence-corrected chi connectivity index (χ0v) is 8.84. The molecule has 78 valence electrons. The molecule has 0 spiro atoms. The van der Waals surface area contributed by atoms with Crippen LogP contribution in [0.3, 0.4) is 0 Å². The van der Waals surface area contributed by atoms with Crippen LogP contribution in [-0.2, 0) is 4.89 Å². The summed E-state index contributed by atoms with van der Waals surface area (Å²) in [7, 11) is 0. The van der Waals surface area contributed by atoms with Crippen molar-refractivity contribution in [2.75, 3.05) is 0 Å². The van der Waals surface area contributed by atoms with Crippen LogP contribution in [0.1, 0.15) is 46.5 Å². The molecule has 1 saturated carbocycles. The predicted octanol–water partition coefficient (Wildman–Crippen LogP) is 2.38. The maximum absolute atomic E-state index is 8.65. The molecule has 2 unspecified atom stereocenters. The molecule has 0 saturated heterocycles. The fourth-order valence-electron chi connectivity index (χ4n) is 2.00. The predicted molar refractivity (Wildman–Crippen MR) is 52.3 cm³/mol. The lowest BCUT2D eigenvalue weighted by atomic mass is 9.85. The Kier molecular flexibility index (Phi) is 3.71. The van der Waals surface area contributed by atoms with Crippen LogP contribution in [0.4, 0.5) is 0 Å². The van der Waals surface area contributed by atoms with Gasteiger partial charge in [0.25, 0.3) is 0 Å². The van der Waals surface area contributed by atoms with Gasteiger partial charge in [0.05, 0.1) is 0 Å². The van der Waals surface area contributed by atoms with E-state index in [2.05, 4.69) is 17.1 Å². The Morgan fingerprint density at radius 2 is 1.92 bits per heavy atom. The highest BCUT2D eigenvalue weighted by molar-refractivity contribution is 4.81. The molecule has 1 rings (SSSR count). The Bertz CT molecular complexity index is 159. The standard InChI is InChI=1S/C10H21NO2/c1-8-6-4-5-7-9(8)11-10(2,3)13-12/h8-9,11-12H,4-7H2,1-3H3. The van der Waals surface area contributed by atoms with Crippen LogP contribution in [0.2, 0.25) is 0 Å². The van der Waals surface area contributed by atoms with Gasteiger partial charge in [-0.1, -0.05) is 19.8 Å². The minimum atomic E-state index is -0.615. The number of hydrogen-bond acceptors (Lipinski definition) is 3. The van der Waals surface area contributed by atoms with Gasteiger partial charge in [0.15, 0.2) is 0 Å². The van der Waals surface area contributed by atoms with Crippen molar-refractivity contribution in [3.63, 3.8) is 0 Å². The Morgan fingerprint density at radius 1 is 1.31 bits per heavy atom. The SMILES string of the molecule is CC1CCCCC1NC(C)(C)OO. The number of rotatable bonds is 3. The normalized spacial score (nSPS) is 30.5. The molecule has 0 radical (unpaired) electrons. The molecule has 0 aromatic rings. The molecule has 0 heterocycles. The molecule has 1 aliphatic rings. The van der Waals surface area contributed by atoms with E-state index in [-0.39, 0.29) is 0 Å². The molecule has 1 fully saturated rings. The first-order chi connectivity index (χ1) is 6.05. The van der Waals surface area contributed by atoms with Crippen LogP contribution in [0.25, 0.3) is 0 Å². The van der Waals surface area contributed by atoms with E-state index in [9.17, 15) is 0 Å². The van der Waals surface area contributed by atoms with E-state index in [1.807, 2.05) is 13.8 Å². The van der Waals surface area contributed by atoms with Crippen molar-refractivity contribution >= 4 is 0 Å². The molecule has 2 atom stereocenters. The van der Waals surface area contributed by atoms with Crippen LogP contribution in [0.5, 0.6) is 0 Å². The lowest BCUT2D eigenvalue weighted by Crippen LogP contribution is -2.50. The monoisotopic (exact) mass is 187 g/mol. The van der Waals surface area contributed by atoms with Crippen molar-refractivity contribution in [1.82, 2.24) is 5.32 Å². The summed E-state index contributed by atoms with van der Waals surface area (Å²) in [5, 5.41) is 12.0. The summed E-state index contributed by atoms with van der Waals surface area (Å²) >= 11 is 0. The van der Waals surface area contributed by atoms with Gasteiger partial charge in [0.1, 0.15) is 5.72 Å². The van der Waals surface area contributed by atoms with Gasteiger partial charge in [-0.2, -0.15) is 0 Å². The summed E-state index contributed by atoms with van der Waals surface area (Å²) in [6, 6.07) is 0.482. The van der Waals surface area contributed by atoms with Gasteiger partial charge in [0.2, 0.25) is 0 Å². The summed E-state index contributed by atoms with van der Waals surface area (Å²) in [6.45, 7) is 5.94.